The van der Waals surface area contributed by atoms with Crippen molar-refractivity contribution in [2.24, 2.45) is 18.2 Å². The molecule has 1 fully saturated rings. The van der Waals surface area contributed by atoms with E-state index in [4.69, 9.17) is 5.73 Å². The first kappa shape index (κ1) is 12.8. The first-order valence-electron chi connectivity index (χ1n) is 6.21. The first-order valence-corrected chi connectivity index (χ1v) is 6.21. The maximum Gasteiger partial charge on any atom is 0.251 e. The van der Waals surface area contributed by atoms with Gasteiger partial charge in [-0.25, -0.2) is 0 Å². The third-order valence-corrected chi connectivity index (χ3v) is 3.62. The van der Waals surface area contributed by atoms with Crippen molar-refractivity contribution in [1.82, 2.24) is 9.88 Å². The van der Waals surface area contributed by atoms with Crippen LogP contribution < -0.4 is 16.6 Å². The van der Waals surface area contributed by atoms with Gasteiger partial charge < -0.3 is 15.6 Å². The Morgan fingerprint density at radius 3 is 2.83 bits per heavy atom. The lowest BCUT2D eigenvalue weighted by Gasteiger charge is -2.14. The molecule has 98 valence electrons. The lowest BCUT2D eigenvalue weighted by Crippen LogP contribution is -2.32. The molecule has 1 heterocycles. The molecule has 0 saturated heterocycles. The van der Waals surface area contributed by atoms with Crippen molar-refractivity contribution in [3.8, 4) is 0 Å². The van der Waals surface area contributed by atoms with E-state index in [1.807, 2.05) is 0 Å². The van der Waals surface area contributed by atoms with Gasteiger partial charge in [-0.3, -0.25) is 9.59 Å². The summed E-state index contributed by atoms with van der Waals surface area (Å²) in [7, 11) is 1.66. The normalized spacial score (nSPS) is 16.3. The molecule has 3 N–H and O–H groups in total. The molecule has 0 spiro atoms. The summed E-state index contributed by atoms with van der Waals surface area (Å²) in [5, 5.41) is 2.89. The molecular formula is C13H19N3O2. The summed E-state index contributed by atoms with van der Waals surface area (Å²) in [4.78, 5) is 23.3. The van der Waals surface area contributed by atoms with E-state index in [1.54, 1.807) is 19.3 Å². The molecule has 1 aliphatic rings. The monoisotopic (exact) mass is 249 g/mol. The van der Waals surface area contributed by atoms with Gasteiger partial charge in [-0.05, 0) is 37.3 Å². The van der Waals surface area contributed by atoms with Gasteiger partial charge in [-0.1, -0.05) is 0 Å². The number of aryl methyl sites for hydroxylation is 1. The summed E-state index contributed by atoms with van der Waals surface area (Å²) in [6.07, 6.45) is 4.80. The molecule has 0 aromatic carbocycles. The molecule has 1 aromatic heterocycles. The number of carbonyl (C=O) groups is 1. The topological polar surface area (TPSA) is 77.1 Å². The molecule has 2 rings (SSSR count). The first-order chi connectivity index (χ1) is 8.56. The van der Waals surface area contributed by atoms with E-state index < -0.39 is 0 Å². The Labute approximate surface area is 106 Å². The van der Waals surface area contributed by atoms with Gasteiger partial charge in [0.1, 0.15) is 0 Å². The third-order valence-electron chi connectivity index (χ3n) is 3.62. The van der Waals surface area contributed by atoms with Gasteiger partial charge in [0.15, 0.2) is 0 Å². The van der Waals surface area contributed by atoms with Crippen LogP contribution >= 0.6 is 0 Å². The summed E-state index contributed by atoms with van der Waals surface area (Å²) < 4.78 is 1.44. The molecule has 0 aliphatic heterocycles. The van der Waals surface area contributed by atoms with E-state index in [-0.39, 0.29) is 16.9 Å². The number of amides is 1. The average molecular weight is 249 g/mol. The van der Waals surface area contributed by atoms with Crippen molar-refractivity contribution < 1.29 is 4.79 Å². The van der Waals surface area contributed by atoms with Crippen molar-refractivity contribution in [2.75, 3.05) is 13.1 Å². The van der Waals surface area contributed by atoms with Gasteiger partial charge in [0.25, 0.3) is 11.5 Å². The Hall–Kier alpha value is -1.62. The van der Waals surface area contributed by atoms with Gasteiger partial charge in [0.05, 0.1) is 0 Å². The highest BCUT2D eigenvalue weighted by atomic mass is 16.2. The summed E-state index contributed by atoms with van der Waals surface area (Å²) in [6, 6.07) is 3.01. The van der Waals surface area contributed by atoms with Crippen LogP contribution in [0.3, 0.4) is 0 Å². The fraction of sp³-hybridized carbons (Fsp3) is 0.538. The highest BCUT2D eigenvalue weighted by molar-refractivity contribution is 5.94. The number of hydrogen-bond donors (Lipinski definition) is 2. The molecule has 5 nitrogen and oxygen atoms in total. The van der Waals surface area contributed by atoms with Crippen LogP contribution in [0.5, 0.6) is 0 Å². The van der Waals surface area contributed by atoms with Crippen LogP contribution in [0.4, 0.5) is 0 Å². The van der Waals surface area contributed by atoms with Crippen LogP contribution in [0, 0.1) is 5.41 Å². The van der Waals surface area contributed by atoms with Gasteiger partial charge in [0, 0.05) is 31.4 Å². The van der Waals surface area contributed by atoms with Crippen molar-refractivity contribution in [3.63, 3.8) is 0 Å². The predicted octanol–water partition coefficient (Wildman–Crippen LogP) is 0.244. The van der Waals surface area contributed by atoms with Crippen LogP contribution in [0.2, 0.25) is 0 Å². The van der Waals surface area contributed by atoms with Gasteiger partial charge in [-0.15, -0.1) is 0 Å². The molecule has 1 aliphatic carbocycles. The number of hydrogen-bond acceptors (Lipinski definition) is 3. The minimum absolute atomic E-state index is 0.175. The van der Waals surface area contributed by atoms with Gasteiger partial charge >= 0.3 is 0 Å². The summed E-state index contributed by atoms with van der Waals surface area (Å²) in [5.41, 5.74) is 6.01. The zero-order valence-corrected chi connectivity index (χ0v) is 10.6. The zero-order valence-electron chi connectivity index (χ0n) is 10.6. The van der Waals surface area contributed by atoms with Crippen molar-refractivity contribution >= 4 is 5.91 Å². The lowest BCUT2D eigenvalue weighted by molar-refractivity contribution is 0.0943. The Morgan fingerprint density at radius 1 is 1.56 bits per heavy atom. The molecule has 1 amide bonds. The number of nitrogens with one attached hydrogen (secondary N) is 1. The summed E-state index contributed by atoms with van der Waals surface area (Å²) in [5.74, 6) is -0.184. The van der Waals surface area contributed by atoms with E-state index in [0.717, 1.165) is 19.3 Å². The standard InChI is InChI=1S/C13H19N3O2/c1-16-7-2-10(8-11(16)17)12(18)15-9-13(3-4-13)5-6-14/h2,7-8H,3-6,9,14H2,1H3,(H,15,18). The molecule has 18 heavy (non-hydrogen) atoms. The molecule has 0 atom stereocenters. The van der Waals surface area contributed by atoms with E-state index in [1.165, 1.54) is 10.6 Å². The molecule has 1 saturated carbocycles. The van der Waals surface area contributed by atoms with Crippen LogP contribution in [-0.2, 0) is 7.05 Å². The van der Waals surface area contributed by atoms with E-state index in [0.29, 0.717) is 18.7 Å². The van der Waals surface area contributed by atoms with Crippen molar-refractivity contribution in [3.05, 3.63) is 34.2 Å². The van der Waals surface area contributed by atoms with E-state index >= 15 is 0 Å². The second-order valence-corrected chi connectivity index (χ2v) is 5.09. The lowest BCUT2D eigenvalue weighted by atomic mass is 10.0. The maximum atomic E-state index is 11.9. The number of carbonyl (C=O) groups excluding carboxylic acids is 1. The Morgan fingerprint density at radius 2 is 2.28 bits per heavy atom. The maximum absolute atomic E-state index is 11.9. The van der Waals surface area contributed by atoms with Crippen molar-refractivity contribution in [2.45, 2.75) is 19.3 Å². The summed E-state index contributed by atoms with van der Waals surface area (Å²) in [6.45, 7) is 1.31. The van der Waals surface area contributed by atoms with E-state index in [2.05, 4.69) is 5.32 Å². The smallest absolute Gasteiger partial charge is 0.251 e. The number of nitrogens with two attached hydrogens (primary N) is 1. The minimum Gasteiger partial charge on any atom is -0.351 e. The highest BCUT2D eigenvalue weighted by Crippen LogP contribution is 2.47. The molecular weight excluding hydrogens is 230 g/mol. The van der Waals surface area contributed by atoms with Crippen LogP contribution in [0.15, 0.2) is 23.1 Å². The molecule has 5 heteroatoms. The fourth-order valence-corrected chi connectivity index (χ4v) is 2.06. The second-order valence-electron chi connectivity index (χ2n) is 5.09. The molecule has 0 unspecified atom stereocenters. The Kier molecular flexibility index (Phi) is 3.52. The van der Waals surface area contributed by atoms with Crippen molar-refractivity contribution in [1.29, 1.82) is 0 Å². The highest BCUT2D eigenvalue weighted by Gasteiger charge is 2.41. The SMILES string of the molecule is Cn1ccc(C(=O)NCC2(CCN)CC2)cc1=O. The largest absolute Gasteiger partial charge is 0.351 e. The Balaban J connectivity index is 1.96. The third kappa shape index (κ3) is 2.79. The van der Waals surface area contributed by atoms with Crippen LogP contribution in [-0.4, -0.2) is 23.6 Å². The second kappa shape index (κ2) is 4.94. The fourth-order valence-electron chi connectivity index (χ4n) is 2.06. The number of nitrogens with zero attached hydrogens (tertiary/aromatic N) is 1. The minimum atomic E-state index is -0.184. The van der Waals surface area contributed by atoms with Crippen LogP contribution in [0.1, 0.15) is 29.6 Å². The number of aromatic nitrogens is 1. The molecule has 0 bridgehead atoms. The quantitative estimate of drug-likeness (QED) is 0.785. The number of pyridine rings is 1. The van der Waals surface area contributed by atoms with Crippen LogP contribution in [0.25, 0.3) is 0 Å². The molecule has 1 aromatic rings. The van der Waals surface area contributed by atoms with Gasteiger partial charge in [0.2, 0.25) is 0 Å². The zero-order chi connectivity index (χ0) is 13.2. The van der Waals surface area contributed by atoms with E-state index in [9.17, 15) is 9.59 Å². The predicted molar refractivity (Wildman–Crippen MR) is 69.4 cm³/mol. The Bertz CT molecular complexity index is 503. The number of rotatable bonds is 5. The van der Waals surface area contributed by atoms with Gasteiger partial charge in [-0.2, -0.15) is 0 Å². The molecule has 0 radical (unpaired) electrons. The summed E-state index contributed by atoms with van der Waals surface area (Å²) >= 11 is 0. The average Bonchev–Trinajstić information content (AvgIpc) is 3.11.